The molecular weight excluding hydrogens is 655 g/mol. The topological polar surface area (TPSA) is 29.5 Å². The average molecular weight is 684 g/mol. The van der Waals surface area contributed by atoms with E-state index in [1.807, 2.05) is 23.5 Å². The second-order valence-corrected chi connectivity index (χ2v) is 14.3. The Balaban J connectivity index is 1.34. The van der Waals surface area contributed by atoms with Crippen LogP contribution in [0.3, 0.4) is 0 Å². The Morgan fingerprint density at radius 1 is 0.365 bits per heavy atom. The summed E-state index contributed by atoms with van der Waals surface area (Å²) in [4.78, 5) is 2.47. The van der Waals surface area contributed by atoms with E-state index in [4.69, 9.17) is 8.83 Å². The molecule has 3 heterocycles. The summed E-state index contributed by atoms with van der Waals surface area (Å²) >= 11 is 1.84. The van der Waals surface area contributed by atoms with E-state index in [9.17, 15) is 0 Å². The predicted octanol–water partition coefficient (Wildman–Crippen LogP) is 14.7. The molecular formula is C48H29NO2S. The van der Waals surface area contributed by atoms with Crippen LogP contribution in [0.2, 0.25) is 0 Å². The molecule has 8 aromatic carbocycles. The molecule has 0 saturated carbocycles. The van der Waals surface area contributed by atoms with Gasteiger partial charge in [-0.1, -0.05) is 121 Å². The number of fused-ring (bicyclic) bond motifs is 9. The number of hydrogen-bond acceptors (Lipinski definition) is 4. The number of rotatable bonds is 5. The molecule has 52 heavy (non-hydrogen) atoms. The van der Waals surface area contributed by atoms with Gasteiger partial charge in [0.05, 0.1) is 27.8 Å². The molecule has 3 nitrogen and oxygen atoms in total. The first-order valence-corrected chi connectivity index (χ1v) is 18.3. The molecule has 11 rings (SSSR count). The second-order valence-electron chi connectivity index (χ2n) is 13.2. The van der Waals surface area contributed by atoms with E-state index in [0.29, 0.717) is 0 Å². The third-order valence-electron chi connectivity index (χ3n) is 10.3. The minimum atomic E-state index is 0.846. The summed E-state index contributed by atoms with van der Waals surface area (Å²) in [6, 6.07) is 62.4. The van der Waals surface area contributed by atoms with Gasteiger partial charge in [0.2, 0.25) is 0 Å². The first-order chi connectivity index (χ1) is 25.8. The number of anilines is 3. The summed E-state index contributed by atoms with van der Waals surface area (Å²) in [5, 5.41) is 6.75. The van der Waals surface area contributed by atoms with Crippen molar-refractivity contribution in [2.24, 2.45) is 0 Å². The first kappa shape index (κ1) is 29.1. The summed E-state index contributed by atoms with van der Waals surface area (Å²) in [5.41, 5.74) is 11.0. The van der Waals surface area contributed by atoms with Crippen molar-refractivity contribution in [1.82, 2.24) is 0 Å². The van der Waals surface area contributed by atoms with Crippen LogP contribution < -0.4 is 4.90 Å². The molecule has 0 saturated heterocycles. The molecule has 4 heteroatoms. The molecule has 0 aliphatic heterocycles. The van der Waals surface area contributed by atoms with E-state index in [1.54, 1.807) is 0 Å². The normalized spacial score (nSPS) is 11.8. The Labute approximate surface area is 303 Å². The van der Waals surface area contributed by atoms with Gasteiger partial charge in [0, 0.05) is 36.5 Å². The molecule has 11 aromatic rings. The van der Waals surface area contributed by atoms with E-state index in [1.165, 1.54) is 20.2 Å². The van der Waals surface area contributed by atoms with Crippen molar-refractivity contribution in [3.8, 4) is 22.3 Å². The largest absolute Gasteiger partial charge is 0.456 e. The minimum Gasteiger partial charge on any atom is -0.456 e. The van der Waals surface area contributed by atoms with Gasteiger partial charge in [-0.2, -0.15) is 0 Å². The number of hydrogen-bond donors (Lipinski definition) is 0. The lowest BCUT2D eigenvalue weighted by molar-refractivity contribution is 0.669. The summed E-state index contributed by atoms with van der Waals surface area (Å²) in [6.07, 6.45) is 0. The van der Waals surface area contributed by atoms with E-state index in [-0.39, 0.29) is 0 Å². The van der Waals surface area contributed by atoms with Crippen LogP contribution in [0.15, 0.2) is 185 Å². The molecule has 0 bridgehead atoms. The summed E-state index contributed by atoms with van der Waals surface area (Å²) in [7, 11) is 0. The van der Waals surface area contributed by atoms with Gasteiger partial charge in [-0.15, -0.1) is 11.3 Å². The van der Waals surface area contributed by atoms with Crippen LogP contribution in [0.5, 0.6) is 0 Å². The maximum absolute atomic E-state index is 6.84. The van der Waals surface area contributed by atoms with Crippen LogP contribution in [-0.2, 0) is 0 Å². The quantitative estimate of drug-likeness (QED) is 0.181. The molecule has 0 aliphatic rings. The molecule has 3 aromatic heterocycles. The maximum Gasteiger partial charge on any atom is 0.145 e. The maximum atomic E-state index is 6.84. The van der Waals surface area contributed by atoms with Crippen molar-refractivity contribution < 1.29 is 8.83 Å². The van der Waals surface area contributed by atoms with Gasteiger partial charge in [0.25, 0.3) is 0 Å². The van der Waals surface area contributed by atoms with E-state index in [2.05, 4.69) is 169 Å². The van der Waals surface area contributed by atoms with Crippen LogP contribution in [-0.4, -0.2) is 0 Å². The second kappa shape index (κ2) is 11.5. The van der Waals surface area contributed by atoms with Gasteiger partial charge in [-0.05, 0) is 71.3 Å². The van der Waals surface area contributed by atoms with Crippen molar-refractivity contribution in [1.29, 1.82) is 0 Å². The fourth-order valence-electron chi connectivity index (χ4n) is 7.98. The number of benzene rings is 8. The standard InChI is InChI=1S/C48H29NO2S/c1-3-14-30(15-4-1)32-28-39(45-34-18-7-10-22-40(34)50-42(45)29-32)49(37-21-13-25-44-46(37)36-20-9-12-24-43(36)52-44)38-27-26-33(31-16-5-2-6-17-31)48-47(38)35-19-8-11-23-41(35)51-48/h1-29H. The van der Waals surface area contributed by atoms with Gasteiger partial charge in [-0.25, -0.2) is 0 Å². The van der Waals surface area contributed by atoms with Crippen molar-refractivity contribution >= 4 is 92.4 Å². The highest BCUT2D eigenvalue weighted by Crippen LogP contribution is 2.52. The molecule has 0 radical (unpaired) electrons. The fraction of sp³-hybridized carbons (Fsp3) is 0. The Bertz CT molecular complexity index is 3130. The van der Waals surface area contributed by atoms with Crippen molar-refractivity contribution in [3.63, 3.8) is 0 Å². The third kappa shape index (κ3) is 4.38. The van der Waals surface area contributed by atoms with Gasteiger partial charge < -0.3 is 13.7 Å². The SMILES string of the molecule is c1ccc(-c2cc(N(c3cccc4sc5ccccc5c34)c3ccc(-c4ccccc4)c4oc5ccccc5c34)c3c(c2)oc2ccccc23)cc1. The van der Waals surface area contributed by atoms with E-state index < -0.39 is 0 Å². The number of thiophene rings is 1. The predicted molar refractivity (Wildman–Crippen MR) is 219 cm³/mol. The van der Waals surface area contributed by atoms with Crippen LogP contribution in [0.1, 0.15) is 0 Å². The Kier molecular flexibility index (Phi) is 6.42. The molecule has 0 amide bonds. The molecule has 0 spiro atoms. The highest BCUT2D eigenvalue weighted by molar-refractivity contribution is 7.26. The number of para-hydroxylation sites is 2. The van der Waals surface area contributed by atoms with Gasteiger partial charge in [0.15, 0.2) is 0 Å². The summed E-state index contributed by atoms with van der Waals surface area (Å²) in [6.45, 7) is 0. The van der Waals surface area contributed by atoms with Gasteiger partial charge in [0.1, 0.15) is 22.3 Å². The van der Waals surface area contributed by atoms with Crippen LogP contribution >= 0.6 is 11.3 Å². The molecule has 0 unspecified atom stereocenters. The van der Waals surface area contributed by atoms with Crippen LogP contribution in [0, 0.1) is 0 Å². The Morgan fingerprint density at radius 2 is 0.981 bits per heavy atom. The first-order valence-electron chi connectivity index (χ1n) is 17.5. The minimum absolute atomic E-state index is 0.846. The van der Waals surface area contributed by atoms with Crippen molar-refractivity contribution in [3.05, 3.63) is 176 Å². The van der Waals surface area contributed by atoms with E-state index in [0.717, 1.165) is 83.2 Å². The zero-order valence-electron chi connectivity index (χ0n) is 27.9. The van der Waals surface area contributed by atoms with Gasteiger partial charge >= 0.3 is 0 Å². The molecule has 0 N–H and O–H groups in total. The highest BCUT2D eigenvalue weighted by atomic mass is 32.1. The fourth-order valence-corrected chi connectivity index (χ4v) is 9.11. The molecule has 0 fully saturated rings. The Hall–Kier alpha value is -6.62. The average Bonchev–Trinajstić information content (AvgIpc) is 3.90. The van der Waals surface area contributed by atoms with Crippen molar-refractivity contribution in [2.75, 3.05) is 4.90 Å². The summed E-state index contributed by atoms with van der Waals surface area (Å²) < 4.78 is 16.0. The molecule has 0 aliphatic carbocycles. The number of furan rings is 2. The lowest BCUT2D eigenvalue weighted by Gasteiger charge is -2.29. The smallest absolute Gasteiger partial charge is 0.145 e. The van der Waals surface area contributed by atoms with Crippen LogP contribution in [0.4, 0.5) is 17.1 Å². The zero-order valence-corrected chi connectivity index (χ0v) is 28.7. The Morgan fingerprint density at radius 3 is 1.77 bits per heavy atom. The number of nitrogens with zero attached hydrogens (tertiary/aromatic N) is 1. The van der Waals surface area contributed by atoms with E-state index >= 15 is 0 Å². The molecule has 244 valence electrons. The highest BCUT2D eigenvalue weighted by Gasteiger charge is 2.27. The van der Waals surface area contributed by atoms with Crippen LogP contribution in [0.25, 0.3) is 86.3 Å². The zero-order chi connectivity index (χ0) is 34.2. The summed E-state index contributed by atoms with van der Waals surface area (Å²) in [5.74, 6) is 0. The van der Waals surface area contributed by atoms with Gasteiger partial charge in [-0.3, -0.25) is 0 Å². The lowest BCUT2D eigenvalue weighted by atomic mass is 9.97. The van der Waals surface area contributed by atoms with Crippen molar-refractivity contribution in [2.45, 2.75) is 0 Å². The lowest BCUT2D eigenvalue weighted by Crippen LogP contribution is -2.11. The molecule has 0 atom stereocenters. The third-order valence-corrected chi connectivity index (χ3v) is 11.4. The monoisotopic (exact) mass is 683 g/mol.